The summed E-state index contributed by atoms with van der Waals surface area (Å²) in [4.78, 5) is 0. The zero-order valence-corrected chi connectivity index (χ0v) is 11.6. The number of azo groups is 1. The van der Waals surface area contributed by atoms with Crippen molar-refractivity contribution in [3.8, 4) is 11.5 Å². The van der Waals surface area contributed by atoms with E-state index in [2.05, 4.69) is 10.2 Å². The monoisotopic (exact) mass is 298 g/mol. The number of nitrogens with zero attached hydrogens (tertiary/aromatic N) is 2. The number of aromatic hydroxyl groups is 2. The van der Waals surface area contributed by atoms with E-state index in [0.29, 0.717) is 16.5 Å². The average molecular weight is 299 g/mol. The van der Waals surface area contributed by atoms with Crippen LogP contribution in [0.2, 0.25) is 5.02 Å². The molecule has 5 heteroatoms. The van der Waals surface area contributed by atoms with Crippen LogP contribution in [0.1, 0.15) is 0 Å². The van der Waals surface area contributed by atoms with Gasteiger partial charge in [0.1, 0.15) is 10.8 Å². The largest absolute Gasteiger partial charge is 0.506 e. The van der Waals surface area contributed by atoms with Gasteiger partial charge in [-0.25, -0.2) is 0 Å². The first-order chi connectivity index (χ1) is 10.2. The summed E-state index contributed by atoms with van der Waals surface area (Å²) in [5, 5.41) is 29.3. The molecule has 0 atom stereocenters. The molecule has 3 rings (SSSR count). The molecule has 0 bridgehead atoms. The fraction of sp³-hybridized carbons (Fsp3) is 0. The van der Waals surface area contributed by atoms with E-state index in [1.165, 1.54) is 0 Å². The van der Waals surface area contributed by atoms with Crippen molar-refractivity contribution in [3.05, 3.63) is 59.6 Å². The lowest BCUT2D eigenvalue weighted by atomic mass is 10.1. The van der Waals surface area contributed by atoms with Crippen molar-refractivity contribution in [2.45, 2.75) is 0 Å². The van der Waals surface area contributed by atoms with E-state index >= 15 is 0 Å². The number of rotatable bonds is 2. The van der Waals surface area contributed by atoms with E-state index in [0.717, 1.165) is 0 Å². The highest BCUT2D eigenvalue weighted by Crippen LogP contribution is 2.47. The van der Waals surface area contributed by atoms with Crippen molar-refractivity contribution in [2.24, 2.45) is 10.2 Å². The number of fused-ring (bicyclic) bond motifs is 1. The van der Waals surface area contributed by atoms with Crippen LogP contribution in [0.25, 0.3) is 10.8 Å². The molecule has 0 amide bonds. The smallest absolute Gasteiger partial charge is 0.152 e. The van der Waals surface area contributed by atoms with Crippen molar-refractivity contribution in [1.82, 2.24) is 0 Å². The van der Waals surface area contributed by atoms with Crippen LogP contribution >= 0.6 is 11.6 Å². The number of hydrogen-bond donors (Lipinski definition) is 2. The maximum atomic E-state index is 10.3. The fourth-order valence-electron chi connectivity index (χ4n) is 2.05. The Balaban J connectivity index is 2.17. The molecule has 3 aromatic carbocycles. The summed E-state index contributed by atoms with van der Waals surface area (Å²) in [5.74, 6) is -0.222. The molecule has 21 heavy (non-hydrogen) atoms. The van der Waals surface area contributed by atoms with Gasteiger partial charge in [0.2, 0.25) is 0 Å². The zero-order chi connectivity index (χ0) is 14.8. The lowest BCUT2D eigenvalue weighted by Crippen LogP contribution is -1.79. The molecule has 0 aliphatic heterocycles. The average Bonchev–Trinajstić information content (AvgIpc) is 2.54. The van der Waals surface area contributed by atoms with E-state index in [-0.39, 0.29) is 22.2 Å². The van der Waals surface area contributed by atoms with Crippen LogP contribution in [0.15, 0.2) is 64.8 Å². The van der Waals surface area contributed by atoms with Crippen LogP contribution in [-0.4, -0.2) is 10.2 Å². The van der Waals surface area contributed by atoms with Gasteiger partial charge < -0.3 is 10.2 Å². The van der Waals surface area contributed by atoms with Crippen LogP contribution in [0.4, 0.5) is 11.4 Å². The molecule has 0 aromatic heterocycles. The van der Waals surface area contributed by atoms with Crippen LogP contribution in [0.5, 0.6) is 11.5 Å². The van der Waals surface area contributed by atoms with Crippen molar-refractivity contribution in [3.63, 3.8) is 0 Å². The predicted octanol–water partition coefficient (Wildman–Crippen LogP) is 5.32. The molecule has 0 aliphatic rings. The van der Waals surface area contributed by atoms with Crippen LogP contribution in [-0.2, 0) is 0 Å². The number of benzene rings is 3. The minimum absolute atomic E-state index is 0.0223. The summed E-state index contributed by atoms with van der Waals surface area (Å²) in [5.41, 5.74) is 0.678. The number of halogens is 1. The van der Waals surface area contributed by atoms with Gasteiger partial charge in [0.15, 0.2) is 11.4 Å². The van der Waals surface area contributed by atoms with Gasteiger partial charge in [0, 0.05) is 10.8 Å². The third-order valence-electron chi connectivity index (χ3n) is 3.10. The Kier molecular flexibility index (Phi) is 3.46. The Morgan fingerprint density at radius 1 is 0.714 bits per heavy atom. The standard InChI is InChI=1S/C16H11ClN2O2/c17-13-14(19-18-10-6-2-1-3-7-10)16(21)12-9-5-4-8-11(12)15(13)20/h1-9,20-21H. The fourth-order valence-corrected chi connectivity index (χ4v) is 2.28. The Hall–Kier alpha value is -2.59. The highest BCUT2D eigenvalue weighted by Gasteiger charge is 2.17. The summed E-state index contributed by atoms with van der Waals surface area (Å²) in [6, 6.07) is 15.9. The number of hydrogen-bond acceptors (Lipinski definition) is 4. The lowest BCUT2D eigenvalue weighted by Gasteiger charge is -2.08. The number of phenols is 2. The summed E-state index contributed by atoms with van der Waals surface area (Å²) in [7, 11) is 0. The molecule has 0 saturated heterocycles. The predicted molar refractivity (Wildman–Crippen MR) is 82.9 cm³/mol. The van der Waals surface area contributed by atoms with Gasteiger partial charge in [0.25, 0.3) is 0 Å². The van der Waals surface area contributed by atoms with Crippen LogP contribution in [0, 0.1) is 0 Å². The first-order valence-corrected chi connectivity index (χ1v) is 6.65. The Labute approximate surface area is 126 Å². The van der Waals surface area contributed by atoms with Crippen molar-refractivity contribution >= 4 is 33.7 Å². The quantitative estimate of drug-likeness (QED) is 0.496. The Bertz CT molecular complexity index is 833. The van der Waals surface area contributed by atoms with E-state index in [4.69, 9.17) is 11.6 Å². The van der Waals surface area contributed by atoms with Crippen molar-refractivity contribution in [2.75, 3.05) is 0 Å². The molecule has 0 heterocycles. The Morgan fingerprint density at radius 3 is 1.95 bits per heavy atom. The van der Waals surface area contributed by atoms with Gasteiger partial charge in [-0.15, -0.1) is 5.11 Å². The second-order valence-corrected chi connectivity index (χ2v) is 4.82. The molecular weight excluding hydrogens is 288 g/mol. The normalized spacial score (nSPS) is 11.3. The van der Waals surface area contributed by atoms with Crippen molar-refractivity contribution < 1.29 is 10.2 Å². The third kappa shape index (κ3) is 2.41. The molecular formula is C16H11ClN2O2. The first kappa shape index (κ1) is 13.4. The van der Waals surface area contributed by atoms with Gasteiger partial charge in [-0.1, -0.05) is 54.1 Å². The van der Waals surface area contributed by atoms with Gasteiger partial charge in [-0.05, 0) is 12.1 Å². The first-order valence-electron chi connectivity index (χ1n) is 6.27. The van der Waals surface area contributed by atoms with Gasteiger partial charge in [0.05, 0.1) is 5.69 Å². The second kappa shape index (κ2) is 5.42. The number of phenolic OH excluding ortho intramolecular Hbond substituents is 2. The zero-order valence-electron chi connectivity index (χ0n) is 10.9. The van der Waals surface area contributed by atoms with Gasteiger partial charge >= 0.3 is 0 Å². The molecule has 0 saturated carbocycles. The summed E-state index contributed by atoms with van der Waals surface area (Å²) in [6.45, 7) is 0. The maximum absolute atomic E-state index is 10.3. The molecule has 104 valence electrons. The molecule has 3 aromatic rings. The van der Waals surface area contributed by atoms with Crippen molar-refractivity contribution in [1.29, 1.82) is 0 Å². The summed E-state index contributed by atoms with van der Waals surface area (Å²) >= 11 is 6.08. The molecule has 0 fully saturated rings. The topological polar surface area (TPSA) is 65.2 Å². The minimum atomic E-state index is -0.118. The minimum Gasteiger partial charge on any atom is -0.506 e. The Morgan fingerprint density at radius 2 is 1.29 bits per heavy atom. The maximum Gasteiger partial charge on any atom is 0.152 e. The van der Waals surface area contributed by atoms with E-state index in [9.17, 15) is 10.2 Å². The molecule has 4 nitrogen and oxygen atoms in total. The summed E-state index contributed by atoms with van der Waals surface area (Å²) in [6.07, 6.45) is 0. The van der Waals surface area contributed by atoms with E-state index in [1.54, 1.807) is 36.4 Å². The highest BCUT2D eigenvalue weighted by atomic mass is 35.5. The molecule has 2 N–H and O–H groups in total. The van der Waals surface area contributed by atoms with Gasteiger partial charge in [-0.3, -0.25) is 0 Å². The van der Waals surface area contributed by atoms with E-state index < -0.39 is 0 Å². The highest BCUT2D eigenvalue weighted by molar-refractivity contribution is 6.36. The SMILES string of the molecule is Oc1c(Cl)c(N=Nc2ccccc2)c(O)c2ccccc12. The van der Waals surface area contributed by atoms with Crippen LogP contribution in [0.3, 0.4) is 0 Å². The van der Waals surface area contributed by atoms with Crippen LogP contribution < -0.4 is 0 Å². The molecule has 0 spiro atoms. The van der Waals surface area contributed by atoms with E-state index in [1.807, 2.05) is 18.2 Å². The lowest BCUT2D eigenvalue weighted by molar-refractivity contribution is 0.470. The molecule has 0 radical (unpaired) electrons. The van der Waals surface area contributed by atoms with Gasteiger partial charge in [-0.2, -0.15) is 5.11 Å². The molecule has 0 unspecified atom stereocenters. The second-order valence-electron chi connectivity index (χ2n) is 4.44. The summed E-state index contributed by atoms with van der Waals surface area (Å²) < 4.78 is 0. The third-order valence-corrected chi connectivity index (χ3v) is 3.46. The molecule has 0 aliphatic carbocycles.